The van der Waals surface area contributed by atoms with Gasteiger partial charge in [0.15, 0.2) is 5.82 Å². The van der Waals surface area contributed by atoms with E-state index in [4.69, 9.17) is 10.5 Å². The summed E-state index contributed by atoms with van der Waals surface area (Å²) in [5.41, 5.74) is 7.75. The molecule has 0 saturated carbocycles. The van der Waals surface area contributed by atoms with Gasteiger partial charge >= 0.3 is 12.2 Å². The largest absolute Gasteiger partial charge is 0.416 e. The Morgan fingerprint density at radius 3 is 2.70 bits per heavy atom. The smallest absolute Gasteiger partial charge is 0.394 e. The van der Waals surface area contributed by atoms with Crippen molar-refractivity contribution < 1.29 is 32.2 Å². The van der Waals surface area contributed by atoms with Crippen molar-refractivity contribution in [3.63, 3.8) is 0 Å². The van der Waals surface area contributed by atoms with Crippen LogP contribution in [0.2, 0.25) is 0 Å². The van der Waals surface area contributed by atoms with Crippen LogP contribution in [0, 0.1) is 24.1 Å². The summed E-state index contributed by atoms with van der Waals surface area (Å²) in [6, 6.07) is 8.12. The molecule has 3 heterocycles. The number of nitriles is 1. The first kappa shape index (κ1) is 30.7. The Morgan fingerprint density at radius 1 is 1.23 bits per heavy atom. The van der Waals surface area contributed by atoms with E-state index >= 15 is 4.39 Å². The molecule has 5 N–H and O–H groups in total. The fraction of sp³-hybridized carbons (Fsp3) is 0.310. The quantitative estimate of drug-likeness (QED) is 0.225. The van der Waals surface area contributed by atoms with Crippen LogP contribution in [-0.4, -0.2) is 63.0 Å². The third-order valence-corrected chi connectivity index (χ3v) is 7.34. The summed E-state index contributed by atoms with van der Waals surface area (Å²) in [7, 11) is 0. The molecule has 230 valence electrons. The number of ether oxygens (including phenoxy) is 1. The zero-order chi connectivity index (χ0) is 31.6. The minimum absolute atomic E-state index is 0.0540. The summed E-state index contributed by atoms with van der Waals surface area (Å²) in [5.74, 6) is -0.731. The summed E-state index contributed by atoms with van der Waals surface area (Å²) in [4.78, 5) is 18.8. The number of hydrogen-bond donors (Lipinski definition) is 4. The first-order valence-electron chi connectivity index (χ1n) is 13.5. The number of alkyl halides is 3. The molecule has 2 amide bonds. The van der Waals surface area contributed by atoms with Crippen LogP contribution in [0.1, 0.15) is 22.4 Å². The molecule has 1 saturated heterocycles. The topological polar surface area (TPSA) is 154 Å². The molecule has 15 heteroatoms. The number of amides is 2. The number of fused-ring (bicyclic) bond motifs is 1. The van der Waals surface area contributed by atoms with Crippen molar-refractivity contribution in [2.45, 2.75) is 32.2 Å². The molecule has 1 fully saturated rings. The number of nitrogens with two attached hydrogens (primary N) is 1. The Kier molecular flexibility index (Phi) is 8.68. The number of aryl methyl sites for hydroxylation is 1. The molecule has 1 atom stereocenters. The summed E-state index contributed by atoms with van der Waals surface area (Å²) in [5, 5.41) is 28.3. The van der Waals surface area contributed by atoms with Crippen molar-refractivity contribution in [2.75, 3.05) is 42.7 Å². The van der Waals surface area contributed by atoms with Gasteiger partial charge in [-0.3, -0.25) is 4.90 Å². The Labute approximate surface area is 248 Å². The molecule has 0 spiro atoms. The van der Waals surface area contributed by atoms with Crippen LogP contribution < -0.4 is 16.4 Å². The molecule has 2 aromatic heterocycles. The molecule has 0 bridgehead atoms. The lowest BCUT2D eigenvalue weighted by Gasteiger charge is -2.32. The minimum Gasteiger partial charge on any atom is -0.394 e. The Bertz CT molecular complexity index is 1750. The fourth-order valence-corrected chi connectivity index (χ4v) is 5.19. The second-order valence-corrected chi connectivity index (χ2v) is 10.3. The first-order valence-corrected chi connectivity index (χ1v) is 13.5. The van der Waals surface area contributed by atoms with E-state index in [0.29, 0.717) is 59.7 Å². The molecule has 1 aliphatic rings. The number of morpholine rings is 1. The molecule has 4 aromatic rings. The third-order valence-electron chi connectivity index (χ3n) is 7.34. The van der Waals surface area contributed by atoms with Gasteiger partial charge in [0.05, 0.1) is 48.8 Å². The fourth-order valence-electron chi connectivity index (χ4n) is 5.19. The molecule has 44 heavy (non-hydrogen) atoms. The zero-order valence-electron chi connectivity index (χ0n) is 23.5. The van der Waals surface area contributed by atoms with Crippen LogP contribution in [0.3, 0.4) is 0 Å². The molecule has 5 rings (SSSR count). The van der Waals surface area contributed by atoms with Crippen molar-refractivity contribution in [3.8, 4) is 17.2 Å². The monoisotopic (exact) mass is 612 g/mol. The number of benzene rings is 2. The van der Waals surface area contributed by atoms with E-state index in [2.05, 4.69) is 26.8 Å². The summed E-state index contributed by atoms with van der Waals surface area (Å²) in [6.07, 6.45) is -3.74. The standard InChI is InChI=1S/C29H28F4N8O3/c1-16-2-4-18(29(31,32)33)11-23(16)39-28(43)38-22-5-3-17(10-21(22)30)25-20(6-7-34)24(41-26(25)27(35)36-15-37-41)13-40-8-9-44-19(12-40)14-42/h2-5,10-11,15,19,42H,6,8-9,12-14H2,1H3,(H2,35,36,37)(H2,38,39,43). The van der Waals surface area contributed by atoms with Gasteiger partial charge in [0.25, 0.3) is 0 Å². The van der Waals surface area contributed by atoms with Gasteiger partial charge in [0, 0.05) is 30.9 Å². The maximum atomic E-state index is 15.4. The molecular weight excluding hydrogens is 584 g/mol. The van der Waals surface area contributed by atoms with E-state index in [-0.39, 0.29) is 36.3 Å². The number of anilines is 3. The van der Waals surface area contributed by atoms with Crippen molar-refractivity contribution in [1.82, 2.24) is 19.5 Å². The number of halogens is 4. The van der Waals surface area contributed by atoms with E-state index in [0.717, 1.165) is 18.2 Å². The average molecular weight is 613 g/mol. The third kappa shape index (κ3) is 6.27. The number of rotatable bonds is 7. The number of nitrogens with one attached hydrogen (secondary N) is 2. The van der Waals surface area contributed by atoms with Gasteiger partial charge in [-0.1, -0.05) is 12.1 Å². The Hall–Kier alpha value is -4.78. The van der Waals surface area contributed by atoms with E-state index < -0.39 is 23.6 Å². The maximum absolute atomic E-state index is 15.4. The average Bonchev–Trinajstić information content (AvgIpc) is 3.28. The zero-order valence-corrected chi connectivity index (χ0v) is 23.5. The lowest BCUT2D eigenvalue weighted by Crippen LogP contribution is -2.43. The van der Waals surface area contributed by atoms with E-state index in [1.807, 2.05) is 4.90 Å². The number of aliphatic hydroxyl groups excluding tert-OH is 1. The van der Waals surface area contributed by atoms with E-state index in [1.54, 1.807) is 4.52 Å². The van der Waals surface area contributed by atoms with Crippen molar-refractivity contribution in [1.29, 1.82) is 5.26 Å². The van der Waals surface area contributed by atoms with Gasteiger partial charge in [-0.05, 0) is 47.9 Å². The van der Waals surface area contributed by atoms with Gasteiger partial charge in [-0.15, -0.1) is 0 Å². The maximum Gasteiger partial charge on any atom is 0.416 e. The normalized spacial score (nSPS) is 15.7. The molecule has 1 unspecified atom stereocenters. The molecule has 1 aliphatic heterocycles. The highest BCUT2D eigenvalue weighted by Crippen LogP contribution is 2.38. The van der Waals surface area contributed by atoms with Crippen molar-refractivity contribution in [2.24, 2.45) is 0 Å². The minimum atomic E-state index is -4.60. The lowest BCUT2D eigenvalue weighted by atomic mass is 9.98. The van der Waals surface area contributed by atoms with Gasteiger partial charge in [0.1, 0.15) is 17.7 Å². The number of carbonyl (C=O) groups is 1. The second-order valence-electron chi connectivity index (χ2n) is 10.3. The highest BCUT2D eigenvalue weighted by atomic mass is 19.4. The highest BCUT2D eigenvalue weighted by molar-refractivity contribution is 6.01. The van der Waals surface area contributed by atoms with Crippen molar-refractivity contribution >= 4 is 28.7 Å². The SMILES string of the molecule is Cc1ccc(C(F)(F)F)cc1NC(=O)Nc1ccc(-c2c(CC#N)c(CN3CCOC(CO)C3)n3ncnc(N)c23)cc1F. The number of nitrogen functional groups attached to an aromatic ring is 1. The van der Waals surface area contributed by atoms with Crippen LogP contribution in [-0.2, 0) is 23.9 Å². The van der Waals surface area contributed by atoms with Crippen LogP contribution in [0.25, 0.3) is 16.6 Å². The van der Waals surface area contributed by atoms with Gasteiger partial charge < -0.3 is 26.2 Å². The molecular formula is C29H28F4N8O3. The van der Waals surface area contributed by atoms with Crippen LogP contribution in [0.5, 0.6) is 0 Å². The molecule has 2 aromatic carbocycles. The van der Waals surface area contributed by atoms with Crippen LogP contribution >= 0.6 is 0 Å². The van der Waals surface area contributed by atoms with E-state index in [1.165, 1.54) is 31.5 Å². The highest BCUT2D eigenvalue weighted by Gasteiger charge is 2.31. The lowest BCUT2D eigenvalue weighted by molar-refractivity contribution is -0.137. The summed E-state index contributed by atoms with van der Waals surface area (Å²) < 4.78 is 62.0. The van der Waals surface area contributed by atoms with Gasteiger partial charge in [-0.25, -0.2) is 18.7 Å². The van der Waals surface area contributed by atoms with Crippen LogP contribution in [0.4, 0.5) is 39.5 Å². The number of urea groups is 1. The van der Waals surface area contributed by atoms with Gasteiger partial charge in [0.2, 0.25) is 0 Å². The summed E-state index contributed by atoms with van der Waals surface area (Å²) in [6.45, 7) is 3.15. The molecule has 0 radical (unpaired) electrons. The summed E-state index contributed by atoms with van der Waals surface area (Å²) >= 11 is 0. The first-order chi connectivity index (χ1) is 21.0. The van der Waals surface area contributed by atoms with Gasteiger partial charge in [-0.2, -0.15) is 23.5 Å². The van der Waals surface area contributed by atoms with Crippen LogP contribution in [0.15, 0.2) is 42.7 Å². The predicted molar refractivity (Wildman–Crippen MR) is 153 cm³/mol. The Morgan fingerprint density at radius 2 is 2.00 bits per heavy atom. The second kappa shape index (κ2) is 12.4. The van der Waals surface area contributed by atoms with E-state index in [9.17, 15) is 28.3 Å². The number of aliphatic hydroxyl groups is 1. The predicted octanol–water partition coefficient (Wildman–Crippen LogP) is 4.35. The van der Waals surface area contributed by atoms with Crippen molar-refractivity contribution in [3.05, 3.63) is 70.9 Å². The number of aromatic nitrogens is 3. The number of carbonyl (C=O) groups excluding carboxylic acids is 1. The number of nitrogens with zero attached hydrogens (tertiary/aromatic N) is 5. The molecule has 11 nitrogen and oxygen atoms in total. The molecule has 0 aliphatic carbocycles. The number of hydrogen-bond acceptors (Lipinski definition) is 8. The Balaban J connectivity index is 1.47.